The highest BCUT2D eigenvalue weighted by Crippen LogP contribution is 2.31. The van der Waals surface area contributed by atoms with Crippen LogP contribution in [0.2, 0.25) is 0 Å². The van der Waals surface area contributed by atoms with Gasteiger partial charge in [0.2, 0.25) is 0 Å². The Morgan fingerprint density at radius 3 is 2.37 bits per heavy atom. The van der Waals surface area contributed by atoms with Crippen LogP contribution in [0.1, 0.15) is 37.6 Å². The van der Waals surface area contributed by atoms with Crippen LogP contribution >= 0.6 is 0 Å². The normalized spacial score (nSPS) is 12.3. The topological polar surface area (TPSA) is 96.2 Å². The molecule has 0 aliphatic heterocycles. The summed E-state index contributed by atoms with van der Waals surface area (Å²) in [6.07, 6.45) is 0.994. The molecule has 0 radical (unpaired) electrons. The molecule has 0 aliphatic carbocycles. The third-order valence-electron chi connectivity index (χ3n) is 5.18. The van der Waals surface area contributed by atoms with Crippen LogP contribution in [0.3, 0.4) is 0 Å². The molecule has 0 saturated heterocycles. The smallest absolute Gasteiger partial charge is 0.410 e. The lowest BCUT2D eigenvalue weighted by atomic mass is 10.0. The molecule has 7 nitrogen and oxygen atoms in total. The SMILES string of the molecule is C=N/C(=N\C=C(/C)c1nc(-c2ccccc2)c(NC(=O)Oc2ccc(C)cc2)cc1C)C(C)(C)O. The molecule has 35 heavy (non-hydrogen) atoms. The summed E-state index contributed by atoms with van der Waals surface area (Å²) in [6.45, 7) is 12.4. The summed E-state index contributed by atoms with van der Waals surface area (Å²) in [5.74, 6) is 0.653. The van der Waals surface area contributed by atoms with Crippen molar-refractivity contribution in [1.82, 2.24) is 4.98 Å². The predicted octanol–water partition coefficient (Wildman–Crippen LogP) is 6.21. The number of allylic oxidation sites excluding steroid dienone is 1. The van der Waals surface area contributed by atoms with Crippen LogP contribution in [0.4, 0.5) is 10.5 Å². The molecule has 1 heterocycles. The van der Waals surface area contributed by atoms with Crippen LogP contribution in [0.25, 0.3) is 16.8 Å². The fourth-order valence-electron chi connectivity index (χ4n) is 3.38. The Labute approximate surface area is 205 Å². The Hall–Kier alpha value is -4.10. The number of amidine groups is 1. The maximum Gasteiger partial charge on any atom is 0.417 e. The summed E-state index contributed by atoms with van der Waals surface area (Å²) in [5.41, 5.74) is 4.09. The minimum absolute atomic E-state index is 0.204. The number of aromatic nitrogens is 1. The van der Waals surface area contributed by atoms with Gasteiger partial charge in [0.25, 0.3) is 0 Å². The molecule has 0 unspecified atom stereocenters. The highest BCUT2D eigenvalue weighted by molar-refractivity contribution is 5.94. The number of ether oxygens (including phenoxy) is 1. The van der Waals surface area contributed by atoms with Crippen molar-refractivity contribution in [1.29, 1.82) is 0 Å². The Morgan fingerprint density at radius 1 is 1.11 bits per heavy atom. The quantitative estimate of drug-likeness (QED) is 0.331. The van der Waals surface area contributed by atoms with E-state index in [0.717, 1.165) is 22.3 Å². The molecule has 0 atom stereocenters. The average Bonchev–Trinajstić information content (AvgIpc) is 2.80. The molecular weight excluding hydrogens is 440 g/mol. The van der Waals surface area contributed by atoms with Crippen molar-refractivity contribution in [2.24, 2.45) is 9.98 Å². The molecule has 1 aromatic heterocycles. The monoisotopic (exact) mass is 470 g/mol. The fraction of sp³-hybridized carbons (Fsp3) is 0.214. The van der Waals surface area contributed by atoms with Crippen LogP contribution < -0.4 is 10.1 Å². The van der Waals surface area contributed by atoms with Gasteiger partial charge in [-0.25, -0.2) is 19.8 Å². The lowest BCUT2D eigenvalue weighted by molar-refractivity contribution is 0.152. The summed E-state index contributed by atoms with van der Waals surface area (Å²) in [4.78, 5) is 25.6. The Balaban J connectivity index is 1.99. The zero-order valence-corrected chi connectivity index (χ0v) is 20.7. The van der Waals surface area contributed by atoms with E-state index in [1.807, 2.05) is 69.3 Å². The van der Waals surface area contributed by atoms with Crippen LogP contribution in [0.15, 0.2) is 76.8 Å². The van der Waals surface area contributed by atoms with Crippen molar-refractivity contribution in [3.05, 3.63) is 83.7 Å². The molecule has 2 N–H and O–H groups in total. The van der Waals surface area contributed by atoms with E-state index in [-0.39, 0.29) is 5.84 Å². The van der Waals surface area contributed by atoms with E-state index < -0.39 is 11.7 Å². The summed E-state index contributed by atoms with van der Waals surface area (Å²) in [5, 5.41) is 13.0. The summed E-state index contributed by atoms with van der Waals surface area (Å²) in [6, 6.07) is 18.7. The second-order valence-electron chi connectivity index (χ2n) is 8.73. The van der Waals surface area contributed by atoms with Gasteiger partial charge < -0.3 is 9.84 Å². The number of amides is 1. The molecule has 0 saturated carbocycles. The minimum Gasteiger partial charge on any atom is -0.410 e. The molecule has 2 aromatic carbocycles. The van der Waals surface area contributed by atoms with Crippen molar-refractivity contribution < 1.29 is 14.6 Å². The van der Waals surface area contributed by atoms with E-state index in [4.69, 9.17) is 9.72 Å². The van der Waals surface area contributed by atoms with E-state index in [1.54, 1.807) is 32.2 Å². The Bertz CT molecular complexity index is 1270. The van der Waals surface area contributed by atoms with Gasteiger partial charge in [0.1, 0.15) is 11.4 Å². The Kier molecular flexibility index (Phi) is 7.94. The number of aryl methyl sites for hydroxylation is 2. The second-order valence-corrected chi connectivity index (χ2v) is 8.73. The number of rotatable bonds is 6. The number of nitrogens with zero attached hydrogens (tertiary/aromatic N) is 3. The van der Waals surface area contributed by atoms with Crippen molar-refractivity contribution in [2.75, 3.05) is 5.32 Å². The highest BCUT2D eigenvalue weighted by atomic mass is 16.6. The number of carbonyl (C=O) groups excluding carboxylic acids is 1. The Morgan fingerprint density at radius 2 is 1.77 bits per heavy atom. The van der Waals surface area contributed by atoms with E-state index in [0.29, 0.717) is 22.8 Å². The van der Waals surface area contributed by atoms with Gasteiger partial charge in [0.05, 0.1) is 17.1 Å². The average molecular weight is 471 g/mol. The summed E-state index contributed by atoms with van der Waals surface area (Å²) in [7, 11) is 0. The first-order valence-electron chi connectivity index (χ1n) is 11.2. The first-order chi connectivity index (χ1) is 16.6. The van der Waals surface area contributed by atoms with E-state index >= 15 is 0 Å². The van der Waals surface area contributed by atoms with E-state index in [1.165, 1.54) is 0 Å². The number of benzene rings is 2. The van der Waals surface area contributed by atoms with E-state index in [9.17, 15) is 9.90 Å². The maximum absolute atomic E-state index is 12.7. The van der Waals surface area contributed by atoms with Crippen LogP contribution in [-0.2, 0) is 0 Å². The lowest BCUT2D eigenvalue weighted by Crippen LogP contribution is -2.29. The van der Waals surface area contributed by atoms with Gasteiger partial charge in [-0.1, -0.05) is 48.0 Å². The van der Waals surface area contributed by atoms with Crippen molar-refractivity contribution in [3.8, 4) is 17.0 Å². The first-order valence-corrected chi connectivity index (χ1v) is 11.2. The molecule has 0 bridgehead atoms. The standard InChI is InChI=1S/C28H30N4O3/c1-18-12-14-22(15-13-18)35-27(33)31-23-16-19(2)24(32-25(23)21-10-8-7-9-11-21)20(3)17-30-26(29-6)28(4,5)34/h7-17,34H,6H2,1-5H3,(H,31,33)/b20-17+,30-26-. The van der Waals surface area contributed by atoms with Crippen molar-refractivity contribution in [3.63, 3.8) is 0 Å². The largest absolute Gasteiger partial charge is 0.417 e. The van der Waals surface area contributed by atoms with Crippen molar-refractivity contribution in [2.45, 2.75) is 40.2 Å². The third-order valence-corrected chi connectivity index (χ3v) is 5.18. The molecule has 1 amide bonds. The zero-order valence-electron chi connectivity index (χ0n) is 20.7. The number of aliphatic hydroxyl groups is 1. The number of pyridine rings is 1. The van der Waals surface area contributed by atoms with Gasteiger partial charge in [-0.05, 0) is 70.7 Å². The number of nitrogens with one attached hydrogen (secondary N) is 1. The second kappa shape index (κ2) is 10.9. The van der Waals surface area contributed by atoms with Crippen LogP contribution in [0, 0.1) is 13.8 Å². The molecule has 0 aliphatic rings. The van der Waals surface area contributed by atoms with E-state index in [2.05, 4.69) is 22.0 Å². The highest BCUT2D eigenvalue weighted by Gasteiger charge is 2.20. The molecule has 0 spiro atoms. The molecule has 3 aromatic rings. The lowest BCUT2D eigenvalue weighted by Gasteiger charge is -2.16. The number of carbonyl (C=O) groups is 1. The van der Waals surface area contributed by atoms with Gasteiger partial charge in [-0.15, -0.1) is 0 Å². The molecule has 3 rings (SSSR count). The fourth-order valence-corrected chi connectivity index (χ4v) is 3.38. The molecule has 180 valence electrons. The number of anilines is 1. The number of aliphatic imine (C=N–C) groups is 2. The minimum atomic E-state index is -1.22. The third kappa shape index (κ3) is 6.71. The number of hydrogen-bond donors (Lipinski definition) is 2. The zero-order chi connectivity index (χ0) is 25.6. The molecule has 7 heteroatoms. The first kappa shape index (κ1) is 25.5. The maximum atomic E-state index is 12.7. The van der Waals surface area contributed by atoms with Gasteiger partial charge in [-0.2, -0.15) is 0 Å². The van der Waals surface area contributed by atoms with Crippen LogP contribution in [0.5, 0.6) is 5.75 Å². The van der Waals surface area contributed by atoms with Gasteiger partial charge in [0, 0.05) is 11.8 Å². The molecule has 0 fully saturated rings. The molecular formula is C28H30N4O3. The van der Waals surface area contributed by atoms with Gasteiger partial charge in [0.15, 0.2) is 5.84 Å². The van der Waals surface area contributed by atoms with Gasteiger partial charge in [-0.3, -0.25) is 5.32 Å². The van der Waals surface area contributed by atoms with Crippen LogP contribution in [-0.4, -0.2) is 34.3 Å². The van der Waals surface area contributed by atoms with Crippen molar-refractivity contribution >= 4 is 29.9 Å². The predicted molar refractivity (Wildman–Crippen MR) is 142 cm³/mol. The number of hydrogen-bond acceptors (Lipinski definition) is 5. The summed E-state index contributed by atoms with van der Waals surface area (Å²) < 4.78 is 5.44. The summed E-state index contributed by atoms with van der Waals surface area (Å²) >= 11 is 0. The van der Waals surface area contributed by atoms with Gasteiger partial charge >= 0.3 is 6.09 Å².